The summed E-state index contributed by atoms with van der Waals surface area (Å²) in [7, 11) is -9.78. The number of hydrogen-bond acceptors (Lipinski definition) is 14. The van der Waals surface area contributed by atoms with Gasteiger partial charge in [0.05, 0.1) is 26.4 Å². The van der Waals surface area contributed by atoms with Gasteiger partial charge in [-0.1, -0.05) is 298 Å². The summed E-state index contributed by atoms with van der Waals surface area (Å²) in [6.45, 7) is 2.61. The number of esters is 3. The topological polar surface area (TPSA) is 231 Å². The molecule has 5 unspecified atom stereocenters. The first-order valence-corrected chi connectivity index (χ1v) is 41.5. The van der Waals surface area contributed by atoms with Crippen LogP contribution in [0.15, 0.2) is 97.2 Å². The summed E-state index contributed by atoms with van der Waals surface area (Å²) in [4.78, 5) is 58.5. The van der Waals surface area contributed by atoms with Crippen LogP contribution in [0.3, 0.4) is 0 Å². The summed E-state index contributed by atoms with van der Waals surface area (Å²) in [5.74, 6) is -1.59. The third-order valence-electron chi connectivity index (χ3n) is 16.3. The minimum Gasteiger partial charge on any atom is -0.463 e. The maximum Gasteiger partial charge on any atom is 0.472 e. The fraction of sp³-hybridized carbons (Fsp3) is 0.759. The Morgan fingerprint density at radius 3 is 0.835 bits per heavy atom. The maximum absolute atomic E-state index is 12.9. The molecule has 0 spiro atoms. The van der Waals surface area contributed by atoms with E-state index in [1.807, 2.05) is 0 Å². The summed E-state index contributed by atoms with van der Waals surface area (Å²) < 4.78 is 61.0. The van der Waals surface area contributed by atoms with Crippen LogP contribution in [0.1, 0.15) is 329 Å². The Labute approximate surface area is 590 Å². The van der Waals surface area contributed by atoms with Gasteiger partial charge in [-0.05, 0) is 109 Å². The van der Waals surface area contributed by atoms with Gasteiger partial charge in [0.15, 0.2) is 6.10 Å². The Hall–Kier alpha value is -3.53. The van der Waals surface area contributed by atoms with Crippen LogP contribution in [0.5, 0.6) is 0 Å². The number of aliphatic hydroxyl groups is 2. The lowest BCUT2D eigenvalue weighted by Crippen LogP contribution is -2.30. The number of hydrogen-bond donors (Lipinski definition) is 4. The number of rotatable bonds is 73. The highest BCUT2D eigenvalue weighted by Crippen LogP contribution is 2.45. The molecule has 562 valence electrons. The normalized spacial score (nSPS) is 14.6. The van der Waals surface area contributed by atoms with Crippen molar-refractivity contribution in [2.75, 3.05) is 39.6 Å². The summed E-state index contributed by atoms with van der Waals surface area (Å²) >= 11 is 0. The Kier molecular flexibility index (Phi) is 69.6. The van der Waals surface area contributed by atoms with Crippen molar-refractivity contribution >= 4 is 33.6 Å². The molecule has 0 aliphatic heterocycles. The van der Waals surface area contributed by atoms with Gasteiger partial charge in [0, 0.05) is 19.3 Å². The number of ether oxygens (including phenoxy) is 3. The van der Waals surface area contributed by atoms with Crippen molar-refractivity contribution in [2.24, 2.45) is 0 Å². The first-order chi connectivity index (χ1) is 47.2. The van der Waals surface area contributed by atoms with E-state index in [9.17, 15) is 43.5 Å². The van der Waals surface area contributed by atoms with Gasteiger partial charge in [-0.25, -0.2) is 9.13 Å². The van der Waals surface area contributed by atoms with Gasteiger partial charge in [-0.2, -0.15) is 0 Å². The number of phosphoric acid groups is 2. The predicted molar refractivity (Wildman–Crippen MR) is 399 cm³/mol. The second-order valence-corrected chi connectivity index (χ2v) is 28.7. The smallest absolute Gasteiger partial charge is 0.463 e. The van der Waals surface area contributed by atoms with Crippen LogP contribution in [0.2, 0.25) is 0 Å². The summed E-state index contributed by atoms with van der Waals surface area (Å²) in [5.41, 5.74) is 0. The molecule has 0 radical (unpaired) electrons. The number of aliphatic hydroxyl groups excluding tert-OH is 2. The van der Waals surface area contributed by atoms with Crippen LogP contribution < -0.4 is 0 Å². The molecule has 5 atom stereocenters. The molecular weight excluding hydrogens is 1270 g/mol. The monoisotopic (exact) mass is 1410 g/mol. The lowest BCUT2D eigenvalue weighted by Gasteiger charge is -2.21. The van der Waals surface area contributed by atoms with E-state index in [-0.39, 0.29) is 19.3 Å². The zero-order valence-electron chi connectivity index (χ0n) is 61.2. The van der Waals surface area contributed by atoms with Crippen LogP contribution in [0, 0.1) is 0 Å². The molecule has 0 aliphatic carbocycles. The Morgan fingerprint density at radius 1 is 0.289 bits per heavy atom. The van der Waals surface area contributed by atoms with Crippen molar-refractivity contribution in [1.82, 2.24) is 0 Å². The molecule has 4 N–H and O–H groups in total. The molecule has 97 heavy (non-hydrogen) atoms. The quantitative estimate of drug-likeness (QED) is 0.0146. The van der Waals surface area contributed by atoms with Crippen molar-refractivity contribution in [3.05, 3.63) is 97.2 Å². The average molecular weight is 1410 g/mol. The van der Waals surface area contributed by atoms with E-state index in [2.05, 4.69) is 118 Å². The minimum atomic E-state index is -4.93. The molecule has 0 bridgehead atoms. The lowest BCUT2D eigenvalue weighted by atomic mass is 10.0. The SMILES string of the molecule is CCCCC/C=C\C/C=C\C/C=C\C/C=C\CCCCCCCCCCCCCCCC(=O)OCC(O)COP(=O)(O)OCC(O)COP(=O)(O)OCC(COC(=O)CCCCCCC/C=C\C/C=C\C/C=C\C/C=C\CCCCC)OC(=O)CCCCCCCCCCCCC. The van der Waals surface area contributed by atoms with Crippen LogP contribution in [0.25, 0.3) is 0 Å². The van der Waals surface area contributed by atoms with Gasteiger partial charge < -0.3 is 34.2 Å². The molecule has 0 aromatic carbocycles. The standard InChI is InChI=1S/C79H140O16P2/c1-4-7-10-13-16-19-22-24-26-28-30-32-33-34-35-36-37-38-39-41-43-44-46-48-51-53-56-59-62-65-77(82)89-68-74(80)69-91-96(85,86)92-70-75(81)71-93-97(87,88)94-73-76(95-79(84)67-64-61-58-55-50-21-18-15-12-9-6-3)72-90-78(83)66-63-60-57-54-52-49-47-45-42-40-31-29-27-25-23-20-17-14-11-8-5-2/h16-17,19-20,24-27,30-32,34-35,40,45,47,74-76,80-81H,4-15,18,21-23,28-29,33,36-39,41-44,46,48-73H2,1-3H3,(H,85,86)(H,87,88)/b19-16-,20-17-,26-24-,27-25-,32-30-,35-34-,40-31-,47-45-. The summed E-state index contributed by atoms with van der Waals surface area (Å²) in [6, 6.07) is 0. The molecule has 0 saturated carbocycles. The van der Waals surface area contributed by atoms with E-state index in [1.165, 1.54) is 148 Å². The van der Waals surface area contributed by atoms with Crippen LogP contribution in [0.4, 0.5) is 0 Å². The van der Waals surface area contributed by atoms with E-state index >= 15 is 0 Å². The number of carbonyl (C=O) groups is 3. The number of unbranched alkanes of at least 4 members (excludes halogenated alkanes) is 34. The van der Waals surface area contributed by atoms with E-state index in [1.54, 1.807) is 0 Å². The highest BCUT2D eigenvalue weighted by Gasteiger charge is 2.29. The molecule has 0 heterocycles. The van der Waals surface area contributed by atoms with Crippen LogP contribution >= 0.6 is 15.6 Å². The molecule has 0 aliphatic rings. The van der Waals surface area contributed by atoms with Crippen molar-refractivity contribution in [1.29, 1.82) is 0 Å². The van der Waals surface area contributed by atoms with Crippen molar-refractivity contribution in [3.63, 3.8) is 0 Å². The molecular formula is C79H140O16P2. The lowest BCUT2D eigenvalue weighted by molar-refractivity contribution is -0.161. The average Bonchev–Trinajstić information content (AvgIpc) is 3.74. The van der Waals surface area contributed by atoms with E-state index in [0.717, 1.165) is 122 Å². The van der Waals surface area contributed by atoms with Gasteiger partial charge in [-0.15, -0.1) is 0 Å². The molecule has 18 heteroatoms. The van der Waals surface area contributed by atoms with Crippen LogP contribution in [-0.2, 0) is 55.8 Å². The van der Waals surface area contributed by atoms with Crippen LogP contribution in [-0.4, -0.2) is 95.9 Å². The molecule has 0 fully saturated rings. The number of allylic oxidation sites excluding steroid dienone is 16. The van der Waals surface area contributed by atoms with E-state index in [0.29, 0.717) is 19.3 Å². The highest BCUT2D eigenvalue weighted by molar-refractivity contribution is 7.47. The minimum absolute atomic E-state index is 0.103. The number of phosphoric ester groups is 2. The highest BCUT2D eigenvalue weighted by atomic mass is 31.2. The van der Waals surface area contributed by atoms with Gasteiger partial charge >= 0.3 is 33.6 Å². The third kappa shape index (κ3) is 73.5. The molecule has 0 rings (SSSR count). The number of carbonyl (C=O) groups excluding carboxylic acids is 3. The van der Waals surface area contributed by atoms with Crippen molar-refractivity contribution in [3.8, 4) is 0 Å². The molecule has 0 aromatic rings. The zero-order valence-corrected chi connectivity index (χ0v) is 63.0. The Bertz CT molecular complexity index is 2150. The predicted octanol–water partition coefficient (Wildman–Crippen LogP) is 22.2. The summed E-state index contributed by atoms with van der Waals surface area (Å²) in [5, 5.41) is 20.6. The van der Waals surface area contributed by atoms with Gasteiger partial charge in [0.2, 0.25) is 0 Å². The molecule has 0 aromatic heterocycles. The maximum atomic E-state index is 12.9. The van der Waals surface area contributed by atoms with Gasteiger partial charge in [0.1, 0.15) is 25.4 Å². The van der Waals surface area contributed by atoms with Crippen molar-refractivity contribution in [2.45, 2.75) is 347 Å². The summed E-state index contributed by atoms with van der Waals surface area (Å²) in [6.07, 6.45) is 81.8. The van der Waals surface area contributed by atoms with Crippen molar-refractivity contribution < 1.29 is 75.8 Å². The first kappa shape index (κ1) is 93.5. The second kappa shape index (κ2) is 72.3. The Morgan fingerprint density at radius 2 is 0.515 bits per heavy atom. The van der Waals surface area contributed by atoms with Gasteiger partial charge in [0.25, 0.3) is 0 Å². The second-order valence-electron chi connectivity index (χ2n) is 25.8. The Balaban J connectivity index is 4.45. The largest absolute Gasteiger partial charge is 0.472 e. The third-order valence-corrected chi connectivity index (χ3v) is 18.2. The zero-order chi connectivity index (χ0) is 70.9. The molecule has 16 nitrogen and oxygen atoms in total. The first-order valence-electron chi connectivity index (χ1n) is 38.5. The fourth-order valence-corrected chi connectivity index (χ4v) is 11.9. The van der Waals surface area contributed by atoms with E-state index in [4.69, 9.17) is 32.3 Å². The molecule has 0 saturated heterocycles. The van der Waals surface area contributed by atoms with E-state index < -0.39 is 91.5 Å². The fourth-order valence-electron chi connectivity index (χ4n) is 10.4. The van der Waals surface area contributed by atoms with Gasteiger partial charge in [-0.3, -0.25) is 32.5 Å². The molecule has 0 amide bonds.